The molecular formula is C15H27N7O5. The van der Waals surface area contributed by atoms with Crippen LogP contribution >= 0.6 is 0 Å². The molecule has 27 heavy (non-hydrogen) atoms. The predicted octanol–water partition coefficient (Wildman–Crippen LogP) is -1.64. The second-order valence-corrected chi connectivity index (χ2v) is 6.07. The van der Waals surface area contributed by atoms with Crippen LogP contribution in [-0.2, 0) is 9.59 Å². The second kappa shape index (κ2) is 11.2. The number of ketones is 1. The zero-order chi connectivity index (χ0) is 20.4. The Morgan fingerprint density at radius 1 is 1.26 bits per heavy atom. The number of urea groups is 1. The van der Waals surface area contributed by atoms with Gasteiger partial charge in [0.05, 0.1) is 19.1 Å². The summed E-state index contributed by atoms with van der Waals surface area (Å²) in [4.78, 5) is 38.7. The topological polar surface area (TPSA) is 212 Å². The van der Waals surface area contributed by atoms with E-state index in [1.54, 1.807) is 0 Å². The van der Waals surface area contributed by atoms with E-state index in [1.807, 2.05) is 0 Å². The third kappa shape index (κ3) is 7.68. The number of aromatic nitrogens is 2. The van der Waals surface area contributed by atoms with Crippen molar-refractivity contribution in [3.8, 4) is 0 Å². The molecule has 0 radical (unpaired) electrons. The Bertz CT molecular complexity index is 636. The molecule has 0 saturated heterocycles. The van der Waals surface area contributed by atoms with Crippen molar-refractivity contribution in [3.63, 3.8) is 0 Å². The van der Waals surface area contributed by atoms with E-state index in [0.29, 0.717) is 13.0 Å². The first kappa shape index (κ1) is 22.5. The molecule has 0 unspecified atom stereocenters. The number of primary amides is 1. The molecule has 3 amide bonds. The van der Waals surface area contributed by atoms with E-state index < -0.39 is 42.5 Å². The number of amides is 3. The molecule has 0 aliphatic heterocycles. The first-order valence-electron chi connectivity index (χ1n) is 8.54. The van der Waals surface area contributed by atoms with E-state index in [9.17, 15) is 14.4 Å². The van der Waals surface area contributed by atoms with Crippen molar-refractivity contribution in [2.45, 2.75) is 50.7 Å². The molecule has 1 heterocycles. The summed E-state index contributed by atoms with van der Waals surface area (Å²) in [5.41, 5.74) is 16.6. The van der Waals surface area contributed by atoms with Gasteiger partial charge in [0.15, 0.2) is 11.6 Å². The standard InChI is InChI=1S/C15H27N7O5/c1-8(24)11(7-23)20-15(26)19-10(6-12(18)25)14-21-13(22-27-14)9(17)4-2-3-5-16/h9-11,23H,2-7,16-17H2,1H3,(H2,18,25)(H2,19,20,26)/t9-,10-,11-/m0/s1. The molecule has 0 spiro atoms. The monoisotopic (exact) mass is 385 g/mol. The number of nitrogens with one attached hydrogen (secondary N) is 2. The van der Waals surface area contributed by atoms with Gasteiger partial charge in [-0.25, -0.2) is 4.79 Å². The van der Waals surface area contributed by atoms with Crippen molar-refractivity contribution in [2.75, 3.05) is 13.2 Å². The Balaban J connectivity index is 2.80. The van der Waals surface area contributed by atoms with Crippen LogP contribution in [0.15, 0.2) is 4.52 Å². The highest BCUT2D eigenvalue weighted by Crippen LogP contribution is 2.19. The number of hydrogen-bond acceptors (Lipinski definition) is 9. The summed E-state index contributed by atoms with van der Waals surface area (Å²) < 4.78 is 5.10. The van der Waals surface area contributed by atoms with Crippen molar-refractivity contribution in [1.29, 1.82) is 0 Å². The van der Waals surface area contributed by atoms with Gasteiger partial charge in [-0.1, -0.05) is 11.6 Å². The maximum Gasteiger partial charge on any atom is 0.316 e. The molecule has 9 N–H and O–H groups in total. The summed E-state index contributed by atoms with van der Waals surface area (Å²) in [6.07, 6.45) is 1.90. The average molecular weight is 385 g/mol. The van der Waals surface area contributed by atoms with Gasteiger partial charge in [-0.3, -0.25) is 9.59 Å². The maximum absolute atomic E-state index is 12.0. The summed E-state index contributed by atoms with van der Waals surface area (Å²) in [7, 11) is 0. The zero-order valence-electron chi connectivity index (χ0n) is 15.2. The highest BCUT2D eigenvalue weighted by molar-refractivity contribution is 5.87. The molecule has 0 saturated carbocycles. The quantitative estimate of drug-likeness (QED) is 0.227. The number of Topliss-reactive ketones (excluding diaryl/α,β-unsaturated/α-hetero) is 1. The van der Waals surface area contributed by atoms with Crippen molar-refractivity contribution in [2.24, 2.45) is 17.2 Å². The van der Waals surface area contributed by atoms with Crippen LogP contribution in [0.5, 0.6) is 0 Å². The molecule has 3 atom stereocenters. The largest absolute Gasteiger partial charge is 0.394 e. The Morgan fingerprint density at radius 3 is 2.52 bits per heavy atom. The van der Waals surface area contributed by atoms with Gasteiger partial charge in [-0.15, -0.1) is 0 Å². The Hall–Kier alpha value is -2.57. The van der Waals surface area contributed by atoms with Gasteiger partial charge in [0.1, 0.15) is 12.1 Å². The summed E-state index contributed by atoms with van der Waals surface area (Å²) >= 11 is 0. The van der Waals surface area contributed by atoms with Crippen LogP contribution in [-0.4, -0.2) is 52.2 Å². The molecule has 0 aliphatic carbocycles. The fourth-order valence-electron chi connectivity index (χ4n) is 2.21. The third-order valence-corrected chi connectivity index (χ3v) is 3.75. The normalized spacial score (nSPS) is 14.2. The lowest BCUT2D eigenvalue weighted by molar-refractivity contribution is -0.120. The van der Waals surface area contributed by atoms with Crippen LogP contribution < -0.4 is 27.8 Å². The van der Waals surface area contributed by atoms with Crippen molar-refractivity contribution in [3.05, 3.63) is 11.7 Å². The molecule has 1 aromatic rings. The number of carbonyl (C=O) groups excluding carboxylic acids is 3. The number of nitrogens with zero attached hydrogens (tertiary/aromatic N) is 2. The van der Waals surface area contributed by atoms with Crippen LogP contribution in [0.3, 0.4) is 0 Å². The van der Waals surface area contributed by atoms with Crippen LogP contribution in [0, 0.1) is 0 Å². The number of aliphatic hydroxyl groups excluding tert-OH is 1. The maximum atomic E-state index is 12.0. The van der Waals surface area contributed by atoms with Gasteiger partial charge in [-0.05, 0) is 26.3 Å². The highest BCUT2D eigenvalue weighted by atomic mass is 16.5. The molecule has 0 fully saturated rings. The van der Waals surface area contributed by atoms with Gasteiger partial charge >= 0.3 is 6.03 Å². The van der Waals surface area contributed by atoms with E-state index in [0.717, 1.165) is 12.8 Å². The smallest absolute Gasteiger partial charge is 0.316 e. The number of unbranched alkanes of at least 4 members (excludes halogenated alkanes) is 1. The Kier molecular flexibility index (Phi) is 9.33. The molecule has 12 nitrogen and oxygen atoms in total. The minimum atomic E-state index is -1.08. The number of rotatable bonds is 12. The van der Waals surface area contributed by atoms with Crippen LogP contribution in [0.1, 0.15) is 56.4 Å². The van der Waals surface area contributed by atoms with Crippen LogP contribution in [0.25, 0.3) is 0 Å². The lowest BCUT2D eigenvalue weighted by Crippen LogP contribution is -2.48. The Morgan fingerprint density at radius 2 is 1.96 bits per heavy atom. The number of aliphatic hydroxyl groups is 1. The predicted molar refractivity (Wildman–Crippen MR) is 93.9 cm³/mol. The van der Waals surface area contributed by atoms with E-state index in [1.165, 1.54) is 6.92 Å². The average Bonchev–Trinajstić information content (AvgIpc) is 3.08. The van der Waals surface area contributed by atoms with Crippen molar-refractivity contribution in [1.82, 2.24) is 20.8 Å². The molecule has 0 aliphatic rings. The summed E-state index contributed by atoms with van der Waals surface area (Å²) in [6, 6.07) is -3.36. The summed E-state index contributed by atoms with van der Waals surface area (Å²) in [5, 5.41) is 17.6. The van der Waals surface area contributed by atoms with E-state index >= 15 is 0 Å². The fraction of sp³-hybridized carbons (Fsp3) is 0.667. The first-order chi connectivity index (χ1) is 12.8. The second-order valence-electron chi connectivity index (χ2n) is 6.07. The van der Waals surface area contributed by atoms with Crippen molar-refractivity contribution < 1.29 is 24.0 Å². The van der Waals surface area contributed by atoms with Gasteiger partial charge in [0.25, 0.3) is 0 Å². The lowest BCUT2D eigenvalue weighted by Gasteiger charge is -2.17. The number of hydrogen-bond donors (Lipinski definition) is 6. The number of nitrogens with two attached hydrogens (primary N) is 3. The van der Waals surface area contributed by atoms with E-state index in [-0.39, 0.29) is 18.1 Å². The van der Waals surface area contributed by atoms with Crippen molar-refractivity contribution >= 4 is 17.7 Å². The third-order valence-electron chi connectivity index (χ3n) is 3.75. The molecule has 1 aromatic heterocycles. The minimum absolute atomic E-state index is 0.0448. The lowest BCUT2D eigenvalue weighted by atomic mass is 10.1. The summed E-state index contributed by atoms with van der Waals surface area (Å²) in [6.45, 7) is 1.21. The fourth-order valence-corrected chi connectivity index (χ4v) is 2.21. The molecule has 0 aromatic carbocycles. The molecule has 12 heteroatoms. The minimum Gasteiger partial charge on any atom is -0.394 e. The SMILES string of the molecule is CC(=O)[C@H](CO)NC(=O)N[C@@H](CC(N)=O)c1nc([C@@H](N)CCCCN)no1. The van der Waals surface area contributed by atoms with Gasteiger partial charge in [0, 0.05) is 0 Å². The van der Waals surface area contributed by atoms with Crippen LogP contribution in [0.2, 0.25) is 0 Å². The molecule has 0 bridgehead atoms. The molecular weight excluding hydrogens is 358 g/mol. The Labute approximate surface area is 156 Å². The first-order valence-corrected chi connectivity index (χ1v) is 8.54. The zero-order valence-corrected chi connectivity index (χ0v) is 15.2. The van der Waals surface area contributed by atoms with Gasteiger partial charge < -0.3 is 37.5 Å². The highest BCUT2D eigenvalue weighted by Gasteiger charge is 2.26. The molecule has 1 rings (SSSR count). The summed E-state index contributed by atoms with van der Waals surface area (Å²) in [5.74, 6) is -0.951. The molecule has 152 valence electrons. The van der Waals surface area contributed by atoms with Gasteiger partial charge in [0.2, 0.25) is 11.8 Å². The van der Waals surface area contributed by atoms with Crippen LogP contribution in [0.4, 0.5) is 4.79 Å². The van der Waals surface area contributed by atoms with Gasteiger partial charge in [-0.2, -0.15) is 4.98 Å². The number of carbonyl (C=O) groups is 3. The van der Waals surface area contributed by atoms with E-state index in [4.69, 9.17) is 26.8 Å². The van der Waals surface area contributed by atoms with E-state index in [2.05, 4.69) is 20.8 Å².